The highest BCUT2D eigenvalue weighted by Crippen LogP contribution is 2.47. The molecule has 1 saturated heterocycles. The minimum atomic E-state index is 0.188. The number of piperidine rings is 1. The van der Waals surface area contributed by atoms with Crippen LogP contribution in [0.4, 0.5) is 0 Å². The third kappa shape index (κ3) is 1.33. The van der Waals surface area contributed by atoms with E-state index in [0.29, 0.717) is 6.42 Å². The average molecular weight is 168 g/mol. The van der Waals surface area contributed by atoms with Crippen LogP contribution in [0.1, 0.15) is 13.3 Å². The fourth-order valence-electron chi connectivity index (χ4n) is 2.21. The Bertz CT molecular complexity index is 183. The third-order valence-electron chi connectivity index (χ3n) is 3.13. The minimum absolute atomic E-state index is 0.188. The SMILES string of the molecule is CCC(=O)NCC1C2CNCC21. The summed E-state index contributed by atoms with van der Waals surface area (Å²) in [5.41, 5.74) is 0. The molecule has 1 aliphatic carbocycles. The number of rotatable bonds is 3. The maximum absolute atomic E-state index is 10.9. The van der Waals surface area contributed by atoms with Gasteiger partial charge in [-0.3, -0.25) is 4.79 Å². The molecule has 0 spiro atoms. The van der Waals surface area contributed by atoms with Crippen molar-refractivity contribution in [2.24, 2.45) is 17.8 Å². The van der Waals surface area contributed by atoms with Crippen molar-refractivity contribution in [3.8, 4) is 0 Å². The summed E-state index contributed by atoms with van der Waals surface area (Å²) >= 11 is 0. The zero-order chi connectivity index (χ0) is 8.55. The summed E-state index contributed by atoms with van der Waals surface area (Å²) in [4.78, 5) is 10.9. The van der Waals surface area contributed by atoms with Gasteiger partial charge < -0.3 is 10.6 Å². The van der Waals surface area contributed by atoms with Gasteiger partial charge in [0.25, 0.3) is 0 Å². The number of hydrogen-bond donors (Lipinski definition) is 2. The molecular formula is C9H16N2O. The molecule has 0 radical (unpaired) electrons. The molecule has 1 saturated carbocycles. The highest BCUT2D eigenvalue weighted by atomic mass is 16.1. The Morgan fingerprint density at radius 2 is 2.17 bits per heavy atom. The van der Waals surface area contributed by atoms with Crippen LogP contribution in [-0.2, 0) is 4.79 Å². The summed E-state index contributed by atoms with van der Waals surface area (Å²) in [6, 6.07) is 0. The van der Waals surface area contributed by atoms with Crippen LogP contribution in [0.3, 0.4) is 0 Å². The summed E-state index contributed by atoms with van der Waals surface area (Å²) in [7, 11) is 0. The minimum Gasteiger partial charge on any atom is -0.356 e. The van der Waals surface area contributed by atoms with Gasteiger partial charge in [-0.25, -0.2) is 0 Å². The highest BCUT2D eigenvalue weighted by molar-refractivity contribution is 5.75. The van der Waals surface area contributed by atoms with Crippen LogP contribution in [0.25, 0.3) is 0 Å². The van der Waals surface area contributed by atoms with E-state index in [0.717, 1.165) is 37.4 Å². The molecule has 2 fully saturated rings. The zero-order valence-corrected chi connectivity index (χ0v) is 7.47. The predicted molar refractivity (Wildman–Crippen MR) is 46.6 cm³/mol. The second kappa shape index (κ2) is 3.05. The van der Waals surface area contributed by atoms with Crippen LogP contribution >= 0.6 is 0 Å². The van der Waals surface area contributed by atoms with E-state index < -0.39 is 0 Å². The maximum atomic E-state index is 10.9. The zero-order valence-electron chi connectivity index (χ0n) is 7.47. The van der Waals surface area contributed by atoms with Gasteiger partial charge >= 0.3 is 0 Å². The van der Waals surface area contributed by atoms with E-state index in [1.165, 1.54) is 0 Å². The van der Waals surface area contributed by atoms with Crippen molar-refractivity contribution in [1.29, 1.82) is 0 Å². The number of nitrogens with one attached hydrogen (secondary N) is 2. The van der Waals surface area contributed by atoms with E-state index >= 15 is 0 Å². The number of fused-ring (bicyclic) bond motifs is 1. The van der Waals surface area contributed by atoms with Crippen molar-refractivity contribution in [1.82, 2.24) is 10.6 Å². The van der Waals surface area contributed by atoms with Crippen LogP contribution in [0.5, 0.6) is 0 Å². The largest absolute Gasteiger partial charge is 0.356 e. The smallest absolute Gasteiger partial charge is 0.219 e. The summed E-state index contributed by atoms with van der Waals surface area (Å²) in [6.07, 6.45) is 0.611. The number of amides is 1. The molecular weight excluding hydrogens is 152 g/mol. The lowest BCUT2D eigenvalue weighted by molar-refractivity contribution is -0.120. The molecule has 1 amide bonds. The standard InChI is InChI=1S/C9H16N2O/c1-2-9(12)11-5-8-6-3-10-4-7(6)8/h6-8,10H,2-5H2,1H3,(H,11,12). The number of carbonyl (C=O) groups is 1. The predicted octanol–water partition coefficient (Wildman–Crippen LogP) is -0.0220. The first-order valence-corrected chi connectivity index (χ1v) is 4.80. The van der Waals surface area contributed by atoms with Gasteiger partial charge in [0, 0.05) is 13.0 Å². The molecule has 2 aliphatic rings. The van der Waals surface area contributed by atoms with Crippen molar-refractivity contribution in [3.63, 3.8) is 0 Å². The van der Waals surface area contributed by atoms with E-state index in [4.69, 9.17) is 0 Å². The third-order valence-corrected chi connectivity index (χ3v) is 3.13. The van der Waals surface area contributed by atoms with Gasteiger partial charge in [-0.2, -0.15) is 0 Å². The van der Waals surface area contributed by atoms with Crippen molar-refractivity contribution in [2.45, 2.75) is 13.3 Å². The van der Waals surface area contributed by atoms with Gasteiger partial charge in [0.2, 0.25) is 5.91 Å². The Labute approximate surface area is 72.9 Å². The Balaban J connectivity index is 1.67. The molecule has 2 unspecified atom stereocenters. The number of carbonyl (C=O) groups excluding carboxylic acids is 1. The van der Waals surface area contributed by atoms with E-state index in [1.54, 1.807) is 0 Å². The normalized spacial score (nSPS) is 37.6. The van der Waals surface area contributed by atoms with Gasteiger partial charge in [-0.05, 0) is 30.8 Å². The Morgan fingerprint density at radius 3 is 2.75 bits per heavy atom. The van der Waals surface area contributed by atoms with Gasteiger partial charge in [-0.15, -0.1) is 0 Å². The van der Waals surface area contributed by atoms with Crippen molar-refractivity contribution in [3.05, 3.63) is 0 Å². The fourth-order valence-corrected chi connectivity index (χ4v) is 2.21. The highest BCUT2D eigenvalue weighted by Gasteiger charge is 2.52. The molecule has 0 aromatic carbocycles. The summed E-state index contributed by atoms with van der Waals surface area (Å²) in [5.74, 6) is 2.69. The molecule has 12 heavy (non-hydrogen) atoms. The first-order chi connectivity index (χ1) is 5.83. The Kier molecular flexibility index (Phi) is 2.05. The van der Waals surface area contributed by atoms with Gasteiger partial charge in [0.1, 0.15) is 0 Å². The summed E-state index contributed by atoms with van der Waals surface area (Å²) in [5, 5.41) is 6.30. The molecule has 1 aliphatic heterocycles. The van der Waals surface area contributed by atoms with Crippen molar-refractivity contribution >= 4 is 5.91 Å². The molecule has 3 nitrogen and oxygen atoms in total. The molecule has 0 aromatic heterocycles. The second-order valence-electron chi connectivity index (χ2n) is 3.81. The maximum Gasteiger partial charge on any atom is 0.219 e. The van der Waals surface area contributed by atoms with E-state index in [-0.39, 0.29) is 5.91 Å². The van der Waals surface area contributed by atoms with Crippen LogP contribution < -0.4 is 10.6 Å². The monoisotopic (exact) mass is 168 g/mol. The molecule has 0 bridgehead atoms. The van der Waals surface area contributed by atoms with E-state index in [9.17, 15) is 4.79 Å². The molecule has 3 heteroatoms. The van der Waals surface area contributed by atoms with Crippen LogP contribution in [0.15, 0.2) is 0 Å². The molecule has 2 atom stereocenters. The number of hydrogen-bond acceptors (Lipinski definition) is 2. The van der Waals surface area contributed by atoms with Gasteiger partial charge in [0.15, 0.2) is 0 Å². The molecule has 2 rings (SSSR count). The van der Waals surface area contributed by atoms with Crippen LogP contribution in [0, 0.1) is 17.8 Å². The van der Waals surface area contributed by atoms with E-state index in [1.807, 2.05) is 6.92 Å². The van der Waals surface area contributed by atoms with Crippen LogP contribution in [-0.4, -0.2) is 25.5 Å². The Hall–Kier alpha value is -0.570. The first kappa shape index (κ1) is 8.05. The lowest BCUT2D eigenvalue weighted by Gasteiger charge is -2.05. The van der Waals surface area contributed by atoms with Crippen LogP contribution in [0.2, 0.25) is 0 Å². The quantitative estimate of drug-likeness (QED) is 0.621. The summed E-state index contributed by atoms with van der Waals surface area (Å²) in [6.45, 7) is 5.13. The Morgan fingerprint density at radius 1 is 1.50 bits per heavy atom. The summed E-state index contributed by atoms with van der Waals surface area (Å²) < 4.78 is 0. The molecule has 68 valence electrons. The second-order valence-corrected chi connectivity index (χ2v) is 3.81. The fraction of sp³-hybridized carbons (Fsp3) is 0.889. The lowest BCUT2D eigenvalue weighted by Crippen LogP contribution is -2.27. The molecule has 2 N–H and O–H groups in total. The van der Waals surface area contributed by atoms with Crippen molar-refractivity contribution in [2.75, 3.05) is 19.6 Å². The first-order valence-electron chi connectivity index (χ1n) is 4.80. The van der Waals surface area contributed by atoms with Crippen molar-refractivity contribution < 1.29 is 4.79 Å². The van der Waals surface area contributed by atoms with Gasteiger partial charge in [-0.1, -0.05) is 6.92 Å². The molecule has 1 heterocycles. The average Bonchev–Trinajstić information content (AvgIpc) is 2.55. The van der Waals surface area contributed by atoms with E-state index in [2.05, 4.69) is 10.6 Å². The lowest BCUT2D eigenvalue weighted by atomic mass is 10.3. The topological polar surface area (TPSA) is 41.1 Å². The van der Waals surface area contributed by atoms with Gasteiger partial charge in [0.05, 0.1) is 0 Å². The molecule has 0 aromatic rings.